The normalized spacial score (nSPS) is 12.3. The van der Waals surface area contributed by atoms with Gasteiger partial charge in [-0.2, -0.15) is 0 Å². The molecule has 0 saturated carbocycles. The molecule has 196 valence electrons. The Kier molecular flexibility index (Phi) is 14.8. The Labute approximate surface area is 217 Å². The zero-order chi connectivity index (χ0) is 26.3. The zero-order valence-corrected chi connectivity index (χ0v) is 24.6. The number of carbonyl (C=O) groups is 1. The number of carbonyl (C=O) groups excluding carboxylic acids is 1. The summed E-state index contributed by atoms with van der Waals surface area (Å²) >= 11 is 0. The molecule has 0 saturated heterocycles. The van der Waals surface area contributed by atoms with Gasteiger partial charge in [0.05, 0.1) is 6.54 Å². The fourth-order valence-corrected chi connectivity index (χ4v) is 10.6. The molecule has 4 heteroatoms. The van der Waals surface area contributed by atoms with Crippen LogP contribution < -0.4 is 0 Å². The molecule has 1 rings (SSSR count). The molecule has 0 aromatic heterocycles. The highest BCUT2D eigenvalue weighted by Gasteiger charge is 2.48. The van der Waals surface area contributed by atoms with E-state index in [9.17, 15) is 4.79 Å². The largest absolute Gasteiger partial charge is 0.531 e. The minimum atomic E-state index is -2.25. The van der Waals surface area contributed by atoms with Crippen LogP contribution in [0.1, 0.15) is 117 Å². The van der Waals surface area contributed by atoms with Crippen LogP contribution >= 0.6 is 0 Å². The number of amides is 1. The molecule has 1 aromatic rings. The maximum Gasteiger partial charge on any atom is 0.261 e. The topological polar surface area (TPSA) is 29.5 Å². The minimum Gasteiger partial charge on any atom is -0.531 e. The highest BCUT2D eigenvalue weighted by atomic mass is 28.4. The molecule has 0 heterocycles. The first kappa shape index (κ1) is 31.0. The van der Waals surface area contributed by atoms with Crippen LogP contribution in [0, 0.1) is 12.3 Å². The van der Waals surface area contributed by atoms with Gasteiger partial charge in [0.2, 0.25) is 0 Å². The molecule has 0 spiro atoms. The van der Waals surface area contributed by atoms with Crippen molar-refractivity contribution in [1.29, 1.82) is 0 Å². The van der Waals surface area contributed by atoms with Gasteiger partial charge in [0.1, 0.15) is 0 Å². The first-order valence-electron chi connectivity index (χ1n) is 13.9. The molecule has 0 fully saturated rings. The SMILES string of the molecule is C#CCN(C(=O)c1ccccc1)/C(=C/CCCCCCCCCC)O[Si](C(C)C)(C(C)C)C(C)C. The molecular formula is C31H51NO2Si. The van der Waals surface area contributed by atoms with Crippen LogP contribution in [-0.4, -0.2) is 25.7 Å². The van der Waals surface area contributed by atoms with E-state index >= 15 is 0 Å². The highest BCUT2D eigenvalue weighted by Crippen LogP contribution is 2.44. The summed E-state index contributed by atoms with van der Waals surface area (Å²) in [7, 11) is -2.25. The third-order valence-corrected chi connectivity index (χ3v) is 13.1. The lowest BCUT2D eigenvalue weighted by molar-refractivity contribution is 0.0752. The molecule has 35 heavy (non-hydrogen) atoms. The summed E-state index contributed by atoms with van der Waals surface area (Å²) < 4.78 is 7.06. The number of nitrogens with zero attached hydrogens (tertiary/aromatic N) is 1. The van der Waals surface area contributed by atoms with Gasteiger partial charge in [0.15, 0.2) is 5.88 Å². The Morgan fingerprint density at radius 2 is 1.43 bits per heavy atom. The average molecular weight is 498 g/mol. The molecule has 0 aliphatic rings. The molecule has 0 N–H and O–H groups in total. The van der Waals surface area contributed by atoms with Crippen LogP contribution in [0.5, 0.6) is 0 Å². The van der Waals surface area contributed by atoms with Crippen molar-refractivity contribution < 1.29 is 9.22 Å². The molecule has 0 atom stereocenters. The van der Waals surface area contributed by atoms with E-state index in [1.54, 1.807) is 4.90 Å². The van der Waals surface area contributed by atoms with Crippen molar-refractivity contribution in [1.82, 2.24) is 4.90 Å². The average Bonchev–Trinajstić information content (AvgIpc) is 2.83. The van der Waals surface area contributed by atoms with Crippen LogP contribution in [0.25, 0.3) is 0 Å². The van der Waals surface area contributed by atoms with Gasteiger partial charge in [-0.15, -0.1) is 6.42 Å². The molecule has 3 nitrogen and oxygen atoms in total. The van der Waals surface area contributed by atoms with Gasteiger partial charge in [-0.25, -0.2) is 0 Å². The summed E-state index contributed by atoms with van der Waals surface area (Å²) in [5.74, 6) is 3.28. The summed E-state index contributed by atoms with van der Waals surface area (Å²) in [6.07, 6.45) is 19.0. The summed E-state index contributed by atoms with van der Waals surface area (Å²) in [5.41, 5.74) is 1.87. The number of hydrogen-bond donors (Lipinski definition) is 0. The van der Waals surface area contributed by atoms with Crippen LogP contribution in [0.15, 0.2) is 42.3 Å². The number of rotatable bonds is 17. The Morgan fingerprint density at radius 1 is 0.914 bits per heavy atom. The summed E-state index contributed by atoms with van der Waals surface area (Å²) in [6, 6.07) is 9.40. The van der Waals surface area contributed by atoms with E-state index < -0.39 is 8.32 Å². The zero-order valence-electron chi connectivity index (χ0n) is 23.6. The molecule has 1 aromatic carbocycles. The first-order valence-corrected chi connectivity index (χ1v) is 16.1. The third kappa shape index (κ3) is 9.52. The first-order chi connectivity index (χ1) is 16.7. The molecule has 1 amide bonds. The molecule has 0 bridgehead atoms. The van der Waals surface area contributed by atoms with Gasteiger partial charge in [-0.1, -0.05) is 118 Å². The third-order valence-electron chi connectivity index (χ3n) is 7.15. The molecule has 0 aliphatic heterocycles. The van der Waals surface area contributed by atoms with E-state index in [0.29, 0.717) is 28.1 Å². The van der Waals surface area contributed by atoms with Crippen molar-refractivity contribution in [3.05, 3.63) is 47.9 Å². The van der Waals surface area contributed by atoms with Gasteiger partial charge in [0.25, 0.3) is 14.2 Å². The number of hydrogen-bond acceptors (Lipinski definition) is 2. The van der Waals surface area contributed by atoms with E-state index in [2.05, 4.69) is 60.5 Å². The summed E-state index contributed by atoms with van der Waals surface area (Å²) in [4.78, 5) is 15.2. The van der Waals surface area contributed by atoms with Gasteiger partial charge in [0, 0.05) is 5.56 Å². The van der Waals surface area contributed by atoms with Crippen LogP contribution in [0.4, 0.5) is 0 Å². The predicted molar refractivity (Wildman–Crippen MR) is 154 cm³/mol. The van der Waals surface area contributed by atoms with Gasteiger partial charge in [-0.3, -0.25) is 9.69 Å². The van der Waals surface area contributed by atoms with E-state index in [4.69, 9.17) is 10.8 Å². The Bertz CT molecular complexity index is 770. The maximum atomic E-state index is 13.6. The lowest BCUT2D eigenvalue weighted by Gasteiger charge is -2.44. The molecule has 0 radical (unpaired) electrons. The fourth-order valence-electron chi connectivity index (χ4n) is 5.32. The van der Waals surface area contributed by atoms with E-state index in [-0.39, 0.29) is 12.5 Å². The Balaban J connectivity index is 3.16. The molecule has 0 aliphatic carbocycles. The lowest BCUT2D eigenvalue weighted by atomic mass is 10.1. The molecule has 0 unspecified atom stereocenters. The van der Waals surface area contributed by atoms with Crippen molar-refractivity contribution >= 4 is 14.2 Å². The van der Waals surface area contributed by atoms with Crippen molar-refractivity contribution in [3.63, 3.8) is 0 Å². The standard InChI is InChI=1S/C31H51NO2Si/c1-9-11-12-13-14-15-16-17-21-24-30(34-35(26(3)4,27(5)6)28(7)8)32(25-10-2)31(33)29-22-19-18-20-23-29/h2,18-20,22-24,26-28H,9,11-17,21,25H2,1,3-8H3/b30-24-. The van der Waals surface area contributed by atoms with Gasteiger partial charge < -0.3 is 4.43 Å². The lowest BCUT2D eigenvalue weighted by Crippen LogP contribution is -2.50. The van der Waals surface area contributed by atoms with Gasteiger partial charge >= 0.3 is 0 Å². The van der Waals surface area contributed by atoms with Crippen LogP contribution in [0.3, 0.4) is 0 Å². The van der Waals surface area contributed by atoms with Crippen molar-refractivity contribution in [3.8, 4) is 12.3 Å². The van der Waals surface area contributed by atoms with Crippen molar-refractivity contribution in [2.45, 2.75) is 123 Å². The van der Waals surface area contributed by atoms with E-state index in [0.717, 1.165) is 12.8 Å². The van der Waals surface area contributed by atoms with E-state index in [1.807, 2.05) is 30.3 Å². The van der Waals surface area contributed by atoms with E-state index in [1.165, 1.54) is 44.9 Å². The number of allylic oxidation sites excluding steroid dienone is 1. The fraction of sp³-hybridized carbons (Fsp3) is 0.645. The van der Waals surface area contributed by atoms with Crippen LogP contribution in [-0.2, 0) is 4.43 Å². The van der Waals surface area contributed by atoms with Gasteiger partial charge in [-0.05, 0) is 47.7 Å². The van der Waals surface area contributed by atoms with Crippen LogP contribution in [0.2, 0.25) is 16.6 Å². The second-order valence-corrected chi connectivity index (χ2v) is 16.1. The maximum absolute atomic E-state index is 13.6. The number of benzene rings is 1. The number of terminal acetylenes is 1. The molecular weight excluding hydrogens is 446 g/mol. The van der Waals surface area contributed by atoms with Crippen molar-refractivity contribution in [2.75, 3.05) is 6.54 Å². The predicted octanol–water partition coefficient (Wildman–Crippen LogP) is 9.33. The highest BCUT2D eigenvalue weighted by molar-refractivity contribution is 6.77. The number of unbranched alkanes of at least 4 members (excludes halogenated alkanes) is 8. The second-order valence-electron chi connectivity index (χ2n) is 10.7. The summed E-state index contributed by atoms with van der Waals surface area (Å²) in [6.45, 7) is 16.1. The Hall–Kier alpha value is -1.99. The smallest absolute Gasteiger partial charge is 0.261 e. The Morgan fingerprint density at radius 3 is 1.91 bits per heavy atom. The quantitative estimate of drug-likeness (QED) is 0.0928. The summed E-state index contributed by atoms with van der Waals surface area (Å²) in [5, 5.41) is 0. The monoisotopic (exact) mass is 497 g/mol. The minimum absolute atomic E-state index is 0.0927. The second kappa shape index (κ2) is 16.6. The van der Waals surface area contributed by atoms with Crippen molar-refractivity contribution in [2.24, 2.45) is 0 Å².